The van der Waals surface area contributed by atoms with Crippen molar-refractivity contribution in [2.24, 2.45) is 5.10 Å². The Morgan fingerprint density at radius 2 is 2.56 bits per heavy atom. The van der Waals surface area contributed by atoms with Gasteiger partial charge in [-0.2, -0.15) is 5.10 Å². The van der Waals surface area contributed by atoms with Crippen LogP contribution in [0.4, 0.5) is 0 Å². The highest BCUT2D eigenvalue weighted by Gasteiger charge is 2.03. The van der Waals surface area contributed by atoms with Crippen LogP contribution in [-0.4, -0.2) is 6.21 Å². The van der Waals surface area contributed by atoms with Crippen molar-refractivity contribution < 1.29 is 0 Å². The van der Waals surface area contributed by atoms with Crippen LogP contribution >= 0.6 is 5.90 Å². The molecule has 0 radical (unpaired) electrons. The van der Waals surface area contributed by atoms with Crippen molar-refractivity contribution in [1.29, 1.82) is 0 Å². The van der Waals surface area contributed by atoms with Crippen LogP contribution in [0.1, 0.15) is 0 Å². The molecule has 1 rings (SSSR count). The number of nitrogens with zero attached hydrogens (tertiary/aromatic N) is 1. The highest BCUT2D eigenvalue weighted by atomic mass is 32.9. The summed E-state index contributed by atoms with van der Waals surface area (Å²) in [5.41, 5.74) is 6.17. The maximum Gasteiger partial charge on any atom is 0.224 e. The zero-order valence-electron chi connectivity index (χ0n) is 4.37. The summed E-state index contributed by atoms with van der Waals surface area (Å²) in [6.07, 6.45) is 3.40. The van der Waals surface area contributed by atoms with Crippen LogP contribution in [0.2, 0.25) is 0 Å². The Bertz CT molecular complexity index is 187. The normalized spacial score (nSPS) is 17.4. The van der Waals surface area contributed by atoms with Gasteiger partial charge in [-0.25, -0.2) is 11.0 Å². The van der Waals surface area contributed by atoms with Gasteiger partial charge in [-0.05, 0) is 0 Å². The van der Waals surface area contributed by atoms with Gasteiger partial charge in [0.2, 0.25) is 5.44 Å². The highest BCUT2D eigenvalue weighted by molar-refractivity contribution is 8.48. The van der Waals surface area contributed by atoms with E-state index in [2.05, 4.69) is 16.1 Å². The summed E-state index contributed by atoms with van der Waals surface area (Å²) in [5, 5.41) is 3.66. The summed E-state index contributed by atoms with van der Waals surface area (Å²) < 4.78 is 0. The first-order chi connectivity index (χ1) is 4.30. The summed E-state index contributed by atoms with van der Waals surface area (Å²) in [4.78, 5) is 0. The third-order valence-corrected chi connectivity index (χ3v) is 2.59. The molecular weight excluding hydrogens is 173 g/mol. The Labute approximate surface area is 64.1 Å². The molecule has 3 nitrogen and oxygen atoms in total. The van der Waals surface area contributed by atoms with E-state index < -0.39 is 5.90 Å². The van der Waals surface area contributed by atoms with Crippen LogP contribution in [0.15, 0.2) is 16.6 Å². The van der Waals surface area contributed by atoms with Crippen LogP contribution in [0.3, 0.4) is 0 Å². The summed E-state index contributed by atoms with van der Waals surface area (Å²) in [5.74, 6) is -0.856. The van der Waals surface area contributed by atoms with Gasteiger partial charge in [0.15, 0.2) is 0 Å². The SMILES string of the molecule is S=[P+]([S-])C1=CC=NNN1. The second-order valence-electron chi connectivity index (χ2n) is 1.32. The van der Waals surface area contributed by atoms with Crippen LogP contribution in [0.25, 0.3) is 0 Å². The highest BCUT2D eigenvalue weighted by Crippen LogP contribution is 2.25. The Balaban J connectivity index is 2.68. The summed E-state index contributed by atoms with van der Waals surface area (Å²) in [7, 11) is 0. The fourth-order valence-electron chi connectivity index (χ4n) is 0.383. The molecule has 0 aromatic carbocycles. The lowest BCUT2D eigenvalue weighted by atomic mass is 10.6. The van der Waals surface area contributed by atoms with Gasteiger partial charge in [-0.15, -0.1) is 0 Å². The summed E-state index contributed by atoms with van der Waals surface area (Å²) in [6, 6.07) is 0. The lowest BCUT2D eigenvalue weighted by molar-refractivity contribution is 0.655. The van der Waals surface area contributed by atoms with Crippen molar-refractivity contribution in [1.82, 2.24) is 11.0 Å². The van der Waals surface area contributed by atoms with E-state index in [0.29, 0.717) is 0 Å². The molecule has 1 aliphatic rings. The maximum atomic E-state index is 4.85. The monoisotopic (exact) mass is 177 g/mol. The third kappa shape index (κ3) is 1.93. The minimum Gasteiger partial charge on any atom is -0.471 e. The molecule has 1 unspecified atom stereocenters. The molecule has 0 fully saturated rings. The largest absolute Gasteiger partial charge is 0.471 e. The van der Waals surface area contributed by atoms with Crippen LogP contribution in [-0.2, 0) is 24.1 Å². The molecule has 0 aromatic heterocycles. The fraction of sp³-hybridized carbons (Fsp3) is 0. The van der Waals surface area contributed by atoms with Crippen molar-refractivity contribution in [3.05, 3.63) is 11.5 Å². The number of hydrazine groups is 1. The van der Waals surface area contributed by atoms with Gasteiger partial charge in [-0.1, -0.05) is 0 Å². The molecule has 2 N–H and O–H groups in total. The zero-order valence-corrected chi connectivity index (χ0v) is 6.89. The van der Waals surface area contributed by atoms with Gasteiger partial charge in [-0.3, -0.25) is 0 Å². The Morgan fingerprint density at radius 3 is 2.89 bits per heavy atom. The Kier molecular flexibility index (Phi) is 2.45. The van der Waals surface area contributed by atoms with E-state index in [9.17, 15) is 0 Å². The smallest absolute Gasteiger partial charge is 0.224 e. The summed E-state index contributed by atoms with van der Waals surface area (Å²) >= 11 is 9.69. The molecule has 6 heteroatoms. The average Bonchev–Trinajstić information content (AvgIpc) is 1.90. The van der Waals surface area contributed by atoms with Gasteiger partial charge in [0.1, 0.15) is 11.8 Å². The van der Waals surface area contributed by atoms with E-state index in [1.54, 1.807) is 12.3 Å². The topological polar surface area (TPSA) is 36.4 Å². The zero-order chi connectivity index (χ0) is 6.69. The van der Waals surface area contributed by atoms with Crippen LogP contribution in [0.5, 0.6) is 0 Å². The van der Waals surface area contributed by atoms with E-state index in [1.165, 1.54) is 0 Å². The van der Waals surface area contributed by atoms with Gasteiger partial charge >= 0.3 is 0 Å². The minimum atomic E-state index is -0.856. The Hall–Kier alpha value is -0.120. The van der Waals surface area contributed by atoms with Gasteiger partial charge in [0, 0.05) is 6.08 Å². The quantitative estimate of drug-likeness (QED) is 0.447. The first-order valence-electron chi connectivity index (χ1n) is 2.19. The number of nitrogens with one attached hydrogen (secondary N) is 2. The van der Waals surface area contributed by atoms with E-state index in [-0.39, 0.29) is 0 Å². The van der Waals surface area contributed by atoms with E-state index in [4.69, 9.17) is 24.1 Å². The fourth-order valence-corrected chi connectivity index (χ4v) is 1.35. The average molecular weight is 177 g/mol. The van der Waals surface area contributed by atoms with E-state index >= 15 is 0 Å². The van der Waals surface area contributed by atoms with E-state index in [0.717, 1.165) is 5.44 Å². The van der Waals surface area contributed by atoms with Gasteiger partial charge in [0.05, 0.1) is 12.1 Å². The Morgan fingerprint density at radius 1 is 1.78 bits per heavy atom. The standard InChI is InChI=1S/C3H4N3PS2/c8-7(9)3-1-2-4-6-5-3/h1-2,5-6H. The van der Waals surface area contributed by atoms with Crippen LogP contribution < -0.4 is 11.0 Å². The lowest BCUT2D eigenvalue weighted by Gasteiger charge is -2.06. The number of hydrogen-bond donors (Lipinski definition) is 2. The van der Waals surface area contributed by atoms with E-state index in [1.807, 2.05) is 0 Å². The predicted octanol–water partition coefficient (Wildman–Crippen LogP) is 0.327. The predicted molar refractivity (Wildman–Crippen MR) is 44.5 cm³/mol. The first kappa shape index (κ1) is 6.99. The molecule has 0 aliphatic carbocycles. The second kappa shape index (κ2) is 3.15. The number of rotatable bonds is 1. The van der Waals surface area contributed by atoms with Crippen molar-refractivity contribution in [3.63, 3.8) is 0 Å². The molecule has 0 aromatic rings. The molecular formula is C3H4N3PS2. The van der Waals surface area contributed by atoms with Crippen molar-refractivity contribution >= 4 is 36.2 Å². The summed E-state index contributed by atoms with van der Waals surface area (Å²) in [6.45, 7) is 0. The molecule has 0 saturated heterocycles. The second-order valence-corrected chi connectivity index (χ2v) is 5.20. The lowest BCUT2D eigenvalue weighted by Crippen LogP contribution is -2.27. The van der Waals surface area contributed by atoms with Crippen molar-refractivity contribution in [2.75, 3.05) is 0 Å². The molecule has 0 bridgehead atoms. The number of hydrogen-bond acceptors (Lipinski definition) is 5. The molecule has 0 amide bonds. The van der Waals surface area contributed by atoms with Crippen LogP contribution in [0, 0.1) is 0 Å². The first-order valence-corrected chi connectivity index (χ1v) is 5.56. The third-order valence-electron chi connectivity index (χ3n) is 0.752. The molecule has 9 heavy (non-hydrogen) atoms. The van der Waals surface area contributed by atoms with Gasteiger partial charge < -0.3 is 12.2 Å². The molecule has 0 saturated carbocycles. The molecule has 1 atom stereocenters. The molecule has 1 heterocycles. The van der Waals surface area contributed by atoms with Gasteiger partial charge in [0.25, 0.3) is 0 Å². The van der Waals surface area contributed by atoms with Crippen molar-refractivity contribution in [2.45, 2.75) is 0 Å². The number of hydrazone groups is 1. The minimum absolute atomic E-state index is 0.856. The number of allylic oxidation sites excluding steroid dienone is 1. The molecule has 0 spiro atoms. The molecule has 48 valence electrons. The van der Waals surface area contributed by atoms with Crippen molar-refractivity contribution in [3.8, 4) is 0 Å². The molecule has 1 aliphatic heterocycles. The maximum absolute atomic E-state index is 4.85.